The van der Waals surface area contributed by atoms with Gasteiger partial charge < -0.3 is 36.0 Å². The average molecular weight is 267 g/mol. The Hall–Kier alpha value is -0.770. The molecule has 0 aromatic heterocycles. The standard InChI is InChI=1S/C10H21NO7/c1-2-3-4-5-8(14)11-10(17,18)9(15,16)7(13)6-12/h7,12-13,15-18H,2-6H2,1H3,(H,11,14). The van der Waals surface area contributed by atoms with Crippen molar-refractivity contribution in [1.29, 1.82) is 0 Å². The van der Waals surface area contributed by atoms with Crippen molar-refractivity contribution in [1.82, 2.24) is 5.32 Å². The third-order valence-electron chi connectivity index (χ3n) is 2.47. The van der Waals surface area contributed by atoms with Crippen molar-refractivity contribution >= 4 is 5.91 Å². The minimum Gasteiger partial charge on any atom is -0.393 e. The molecule has 0 heterocycles. The molecule has 0 aliphatic heterocycles. The summed E-state index contributed by atoms with van der Waals surface area (Å²) < 4.78 is 0. The maximum absolute atomic E-state index is 11.3. The number of amides is 1. The van der Waals surface area contributed by atoms with E-state index in [1.165, 1.54) is 0 Å². The van der Waals surface area contributed by atoms with Crippen LogP contribution in [0.15, 0.2) is 0 Å². The molecule has 1 atom stereocenters. The monoisotopic (exact) mass is 267 g/mol. The second-order valence-electron chi connectivity index (χ2n) is 4.10. The van der Waals surface area contributed by atoms with Crippen molar-refractivity contribution < 1.29 is 35.4 Å². The molecule has 0 saturated carbocycles. The molecule has 1 amide bonds. The van der Waals surface area contributed by atoms with Crippen molar-refractivity contribution in [2.45, 2.75) is 50.4 Å². The Kier molecular flexibility index (Phi) is 6.68. The highest BCUT2D eigenvalue weighted by molar-refractivity contribution is 5.76. The summed E-state index contributed by atoms with van der Waals surface area (Å²) in [5, 5.41) is 56.3. The van der Waals surface area contributed by atoms with Gasteiger partial charge in [0, 0.05) is 6.42 Å². The van der Waals surface area contributed by atoms with Gasteiger partial charge in [-0.1, -0.05) is 19.8 Å². The van der Waals surface area contributed by atoms with E-state index in [9.17, 15) is 25.2 Å². The molecule has 0 aromatic rings. The summed E-state index contributed by atoms with van der Waals surface area (Å²) in [5.74, 6) is -7.76. The van der Waals surface area contributed by atoms with Crippen LogP contribution < -0.4 is 5.32 Å². The van der Waals surface area contributed by atoms with Gasteiger partial charge in [0.2, 0.25) is 5.91 Å². The highest BCUT2D eigenvalue weighted by atomic mass is 16.6. The van der Waals surface area contributed by atoms with Crippen LogP contribution in [0.3, 0.4) is 0 Å². The van der Waals surface area contributed by atoms with Crippen molar-refractivity contribution in [2.75, 3.05) is 6.61 Å². The Morgan fingerprint density at radius 3 is 2.22 bits per heavy atom. The van der Waals surface area contributed by atoms with E-state index in [0.29, 0.717) is 6.42 Å². The lowest BCUT2D eigenvalue weighted by Gasteiger charge is -2.37. The molecule has 0 bridgehead atoms. The van der Waals surface area contributed by atoms with Crippen LogP contribution in [0.2, 0.25) is 0 Å². The number of aliphatic hydroxyl groups is 6. The number of carbonyl (C=O) groups excluding carboxylic acids is 1. The molecule has 0 saturated heterocycles. The predicted molar refractivity (Wildman–Crippen MR) is 59.7 cm³/mol. The summed E-state index contributed by atoms with van der Waals surface area (Å²) in [7, 11) is 0. The van der Waals surface area contributed by atoms with Crippen molar-refractivity contribution in [3.8, 4) is 0 Å². The minimum absolute atomic E-state index is 0.0258. The first kappa shape index (κ1) is 17.2. The van der Waals surface area contributed by atoms with Crippen LogP contribution in [-0.4, -0.2) is 61.0 Å². The SMILES string of the molecule is CCCCCC(=O)NC(O)(O)C(O)(O)C(O)CO. The molecule has 0 spiro atoms. The van der Waals surface area contributed by atoms with Crippen LogP contribution in [0, 0.1) is 0 Å². The van der Waals surface area contributed by atoms with E-state index in [1.54, 1.807) is 5.32 Å². The smallest absolute Gasteiger partial charge is 0.306 e. The Labute approximate surface area is 105 Å². The third kappa shape index (κ3) is 4.48. The molecule has 7 N–H and O–H groups in total. The predicted octanol–water partition coefficient (Wildman–Crippen LogP) is -2.64. The van der Waals surface area contributed by atoms with Crippen LogP contribution in [-0.2, 0) is 4.79 Å². The fourth-order valence-electron chi connectivity index (χ4n) is 1.24. The fraction of sp³-hybridized carbons (Fsp3) is 0.900. The second-order valence-corrected chi connectivity index (χ2v) is 4.10. The van der Waals surface area contributed by atoms with Gasteiger partial charge in [0.25, 0.3) is 5.79 Å². The molecule has 1 unspecified atom stereocenters. The fourth-order valence-corrected chi connectivity index (χ4v) is 1.24. The maximum Gasteiger partial charge on any atom is 0.306 e. The van der Waals surface area contributed by atoms with Gasteiger partial charge in [-0.15, -0.1) is 0 Å². The first-order valence-electron chi connectivity index (χ1n) is 5.68. The number of aliphatic hydroxyl groups excluding tert-OH is 2. The summed E-state index contributed by atoms with van der Waals surface area (Å²) in [6.07, 6.45) is -0.139. The third-order valence-corrected chi connectivity index (χ3v) is 2.47. The average Bonchev–Trinajstić information content (AvgIpc) is 2.27. The summed E-state index contributed by atoms with van der Waals surface area (Å²) >= 11 is 0. The zero-order chi connectivity index (χ0) is 14.4. The molecule has 0 radical (unpaired) electrons. The zero-order valence-electron chi connectivity index (χ0n) is 10.2. The van der Waals surface area contributed by atoms with Gasteiger partial charge in [-0.25, -0.2) is 0 Å². The lowest BCUT2D eigenvalue weighted by atomic mass is 10.1. The highest BCUT2D eigenvalue weighted by Crippen LogP contribution is 2.19. The topological polar surface area (TPSA) is 150 Å². The van der Waals surface area contributed by atoms with Crippen LogP contribution in [0.25, 0.3) is 0 Å². The highest BCUT2D eigenvalue weighted by Gasteiger charge is 2.53. The molecule has 0 aliphatic carbocycles. The number of nitrogens with one attached hydrogen (secondary N) is 1. The van der Waals surface area contributed by atoms with Crippen LogP contribution in [0.5, 0.6) is 0 Å². The molecule has 108 valence electrons. The van der Waals surface area contributed by atoms with Gasteiger partial charge in [0.1, 0.15) is 6.10 Å². The molecular formula is C10H21NO7. The van der Waals surface area contributed by atoms with E-state index < -0.39 is 30.3 Å². The second kappa shape index (κ2) is 6.98. The molecule has 0 aromatic carbocycles. The molecule has 8 nitrogen and oxygen atoms in total. The first-order valence-corrected chi connectivity index (χ1v) is 5.68. The number of unbranched alkanes of at least 4 members (excludes halogenated alkanes) is 2. The summed E-state index contributed by atoms with van der Waals surface area (Å²) in [6, 6.07) is 0. The molecule has 8 heteroatoms. The van der Waals surface area contributed by atoms with Gasteiger partial charge in [0.05, 0.1) is 6.61 Å². The van der Waals surface area contributed by atoms with Gasteiger partial charge >= 0.3 is 5.91 Å². The summed E-state index contributed by atoms with van der Waals surface area (Å²) in [4.78, 5) is 11.3. The lowest BCUT2D eigenvalue weighted by Crippen LogP contribution is -2.70. The zero-order valence-corrected chi connectivity index (χ0v) is 10.2. The van der Waals surface area contributed by atoms with E-state index in [2.05, 4.69) is 0 Å². The summed E-state index contributed by atoms with van der Waals surface area (Å²) in [5.41, 5.74) is 0. The minimum atomic E-state index is -3.48. The molecule has 0 aliphatic rings. The van der Waals surface area contributed by atoms with E-state index in [1.807, 2.05) is 6.92 Å². The van der Waals surface area contributed by atoms with E-state index in [4.69, 9.17) is 10.2 Å². The number of rotatable bonds is 8. The van der Waals surface area contributed by atoms with Crippen LogP contribution in [0.4, 0.5) is 0 Å². The van der Waals surface area contributed by atoms with Gasteiger partial charge in [-0.2, -0.15) is 0 Å². The van der Waals surface area contributed by atoms with Crippen molar-refractivity contribution in [3.63, 3.8) is 0 Å². The van der Waals surface area contributed by atoms with Crippen LogP contribution in [0.1, 0.15) is 32.6 Å². The normalized spacial score (nSPS) is 14.4. The molecule has 0 rings (SSSR count). The largest absolute Gasteiger partial charge is 0.393 e. The Morgan fingerprint density at radius 2 is 1.78 bits per heavy atom. The molecule has 0 fully saturated rings. The Balaban J connectivity index is 4.49. The molecular weight excluding hydrogens is 246 g/mol. The maximum atomic E-state index is 11.3. The number of carbonyl (C=O) groups is 1. The van der Waals surface area contributed by atoms with E-state index in [-0.39, 0.29) is 6.42 Å². The quantitative estimate of drug-likeness (QED) is 0.187. The number of hydrogen-bond acceptors (Lipinski definition) is 7. The first-order chi connectivity index (χ1) is 8.19. The van der Waals surface area contributed by atoms with Gasteiger partial charge in [0.15, 0.2) is 0 Å². The molecule has 18 heavy (non-hydrogen) atoms. The Morgan fingerprint density at radius 1 is 1.22 bits per heavy atom. The van der Waals surface area contributed by atoms with Crippen LogP contribution >= 0.6 is 0 Å². The lowest BCUT2D eigenvalue weighted by molar-refractivity contribution is -0.394. The van der Waals surface area contributed by atoms with E-state index >= 15 is 0 Å². The Bertz CT molecular complexity index is 267. The summed E-state index contributed by atoms with van der Waals surface area (Å²) in [6.45, 7) is 0.798. The van der Waals surface area contributed by atoms with Gasteiger partial charge in [-0.05, 0) is 6.42 Å². The van der Waals surface area contributed by atoms with Gasteiger partial charge in [-0.3, -0.25) is 4.79 Å². The number of hydrogen-bond donors (Lipinski definition) is 7. The van der Waals surface area contributed by atoms with Crippen molar-refractivity contribution in [3.05, 3.63) is 0 Å². The van der Waals surface area contributed by atoms with Crippen molar-refractivity contribution in [2.24, 2.45) is 0 Å². The van der Waals surface area contributed by atoms with E-state index in [0.717, 1.165) is 12.8 Å².